The monoisotopic (exact) mass is 340 g/mol. The van der Waals surface area contributed by atoms with Gasteiger partial charge in [-0.1, -0.05) is 0 Å². The predicted octanol–water partition coefficient (Wildman–Crippen LogP) is 0.0957. The molecule has 0 spiro atoms. The number of nitrogens with zero attached hydrogens (tertiary/aromatic N) is 1. The molecule has 1 aromatic rings. The van der Waals surface area contributed by atoms with E-state index in [0.29, 0.717) is 36.4 Å². The van der Waals surface area contributed by atoms with Crippen molar-refractivity contribution < 1.29 is 27.5 Å². The summed E-state index contributed by atoms with van der Waals surface area (Å²) in [6.07, 6.45) is 1.97. The van der Waals surface area contributed by atoms with Crippen LogP contribution in [0.3, 0.4) is 0 Å². The van der Waals surface area contributed by atoms with Crippen LogP contribution in [0, 0.1) is 0 Å². The van der Waals surface area contributed by atoms with Gasteiger partial charge in [0.2, 0.25) is 16.8 Å². The second-order valence-corrected chi connectivity index (χ2v) is 7.21. The molecular weight excluding hydrogens is 324 g/mol. The summed E-state index contributed by atoms with van der Waals surface area (Å²) < 4.78 is 34.8. The molecule has 124 valence electrons. The predicted molar refractivity (Wildman–Crippen MR) is 79.6 cm³/mol. The molecule has 1 atom stereocenters. The lowest BCUT2D eigenvalue weighted by atomic mass is 10.1. The van der Waals surface area contributed by atoms with Crippen LogP contribution in [-0.2, 0) is 14.8 Å². The number of rotatable bonds is 3. The number of sulfonamides is 1. The molecule has 8 nitrogen and oxygen atoms in total. The summed E-state index contributed by atoms with van der Waals surface area (Å²) in [5.74, 6) is 0.0232. The fourth-order valence-corrected chi connectivity index (χ4v) is 3.23. The second-order valence-electron chi connectivity index (χ2n) is 5.46. The third kappa shape index (κ3) is 3.24. The van der Waals surface area contributed by atoms with Crippen molar-refractivity contribution in [1.82, 2.24) is 9.62 Å². The molecule has 3 rings (SSSR count). The molecule has 2 amide bonds. The minimum absolute atomic E-state index is 0.107. The summed E-state index contributed by atoms with van der Waals surface area (Å²) >= 11 is 0. The van der Waals surface area contributed by atoms with E-state index in [1.54, 1.807) is 18.2 Å². The molecule has 2 aliphatic heterocycles. The molecule has 0 bridgehead atoms. The van der Waals surface area contributed by atoms with E-state index < -0.39 is 22.0 Å². The molecule has 1 aromatic carbocycles. The molecule has 0 saturated carbocycles. The van der Waals surface area contributed by atoms with Crippen molar-refractivity contribution in [2.75, 3.05) is 19.6 Å². The number of nitrogens with one attached hydrogen (secondary N) is 1. The van der Waals surface area contributed by atoms with Gasteiger partial charge in [0.05, 0.1) is 6.26 Å². The van der Waals surface area contributed by atoms with Gasteiger partial charge in [-0.25, -0.2) is 8.42 Å². The average Bonchev–Trinajstić information content (AvgIpc) is 3.12. The topological polar surface area (TPSA) is 102 Å². The minimum Gasteiger partial charge on any atom is -0.454 e. The maximum Gasteiger partial charge on any atom is 0.256 e. The molecule has 1 saturated heterocycles. The van der Waals surface area contributed by atoms with Crippen LogP contribution in [0.2, 0.25) is 0 Å². The second kappa shape index (κ2) is 5.73. The van der Waals surface area contributed by atoms with Gasteiger partial charge in [0.25, 0.3) is 11.8 Å². The Kier molecular flexibility index (Phi) is 3.88. The first-order valence-corrected chi connectivity index (χ1v) is 8.96. The van der Waals surface area contributed by atoms with Crippen molar-refractivity contribution in [3.05, 3.63) is 23.8 Å². The van der Waals surface area contributed by atoms with Crippen LogP contribution < -0.4 is 14.2 Å². The highest BCUT2D eigenvalue weighted by Gasteiger charge is 2.36. The third-order valence-electron chi connectivity index (χ3n) is 3.72. The van der Waals surface area contributed by atoms with Gasteiger partial charge in [0.15, 0.2) is 11.5 Å². The molecule has 1 N–H and O–H groups in total. The zero-order chi connectivity index (χ0) is 16.6. The summed E-state index contributed by atoms with van der Waals surface area (Å²) in [5.41, 5.74) is 0.369. The van der Waals surface area contributed by atoms with E-state index in [1.807, 2.05) is 4.72 Å². The van der Waals surface area contributed by atoms with Gasteiger partial charge in [-0.15, -0.1) is 0 Å². The van der Waals surface area contributed by atoms with Crippen LogP contribution in [0.5, 0.6) is 11.5 Å². The Bertz CT molecular complexity index is 761. The fraction of sp³-hybridized carbons (Fsp3) is 0.429. The van der Waals surface area contributed by atoms with E-state index in [1.165, 1.54) is 4.90 Å². The highest BCUT2D eigenvalue weighted by atomic mass is 32.2. The van der Waals surface area contributed by atoms with Crippen LogP contribution in [0.15, 0.2) is 18.2 Å². The minimum atomic E-state index is -3.66. The molecule has 0 unspecified atom stereocenters. The van der Waals surface area contributed by atoms with Crippen LogP contribution in [0.1, 0.15) is 23.2 Å². The SMILES string of the molecule is CS(=O)(=O)NC(=O)[C@@H]1CCCN1C(=O)c1ccc2c(c1)OCO2. The highest BCUT2D eigenvalue weighted by molar-refractivity contribution is 7.89. The van der Waals surface area contributed by atoms with Crippen LogP contribution in [0.4, 0.5) is 0 Å². The maximum atomic E-state index is 12.6. The Morgan fingerprint density at radius 2 is 2.00 bits per heavy atom. The molecule has 23 heavy (non-hydrogen) atoms. The lowest BCUT2D eigenvalue weighted by Crippen LogP contribution is -2.47. The van der Waals surface area contributed by atoms with Crippen LogP contribution >= 0.6 is 0 Å². The number of benzene rings is 1. The van der Waals surface area contributed by atoms with Crippen molar-refractivity contribution in [2.24, 2.45) is 0 Å². The van der Waals surface area contributed by atoms with Gasteiger partial charge in [-0.05, 0) is 31.0 Å². The first kappa shape index (κ1) is 15.6. The zero-order valence-electron chi connectivity index (χ0n) is 12.4. The molecule has 0 aromatic heterocycles. The number of fused-ring (bicyclic) bond motifs is 1. The zero-order valence-corrected chi connectivity index (χ0v) is 13.3. The first-order chi connectivity index (χ1) is 10.8. The quantitative estimate of drug-likeness (QED) is 0.837. The van der Waals surface area contributed by atoms with Crippen molar-refractivity contribution in [1.29, 1.82) is 0 Å². The van der Waals surface area contributed by atoms with Crippen molar-refractivity contribution >= 4 is 21.8 Å². The summed E-state index contributed by atoms with van der Waals surface area (Å²) in [7, 11) is -3.66. The van der Waals surface area contributed by atoms with E-state index in [2.05, 4.69) is 0 Å². The molecule has 1 fully saturated rings. The summed E-state index contributed by atoms with van der Waals surface area (Å²) in [5, 5.41) is 0. The number of carbonyl (C=O) groups is 2. The van der Waals surface area contributed by atoms with Crippen molar-refractivity contribution in [2.45, 2.75) is 18.9 Å². The number of amides is 2. The number of hydrogen-bond donors (Lipinski definition) is 1. The lowest BCUT2D eigenvalue weighted by Gasteiger charge is -2.23. The molecular formula is C14H16N2O6S. The largest absolute Gasteiger partial charge is 0.454 e. The van der Waals surface area contributed by atoms with E-state index in [-0.39, 0.29) is 12.7 Å². The Hall–Kier alpha value is -2.29. The summed E-state index contributed by atoms with van der Waals surface area (Å²) in [6, 6.07) is 4.01. The molecule has 2 heterocycles. The molecule has 9 heteroatoms. The molecule has 0 radical (unpaired) electrons. The highest BCUT2D eigenvalue weighted by Crippen LogP contribution is 2.33. The number of hydrogen-bond acceptors (Lipinski definition) is 6. The Morgan fingerprint density at radius 3 is 2.74 bits per heavy atom. The molecule has 2 aliphatic rings. The van der Waals surface area contributed by atoms with Gasteiger partial charge in [0, 0.05) is 12.1 Å². The normalized spacial score (nSPS) is 19.7. The van der Waals surface area contributed by atoms with Gasteiger partial charge >= 0.3 is 0 Å². The number of likely N-dealkylation sites (tertiary alicyclic amines) is 1. The van der Waals surface area contributed by atoms with E-state index >= 15 is 0 Å². The van der Waals surface area contributed by atoms with E-state index in [4.69, 9.17) is 9.47 Å². The Morgan fingerprint density at radius 1 is 1.26 bits per heavy atom. The average molecular weight is 340 g/mol. The Balaban J connectivity index is 1.79. The van der Waals surface area contributed by atoms with Gasteiger partial charge in [-0.3, -0.25) is 14.3 Å². The standard InChI is InChI=1S/C14H16N2O6S/c1-23(19,20)15-13(17)10-3-2-6-16(10)14(18)9-4-5-11-12(7-9)22-8-21-11/h4-5,7,10H,2-3,6,8H2,1H3,(H,15,17)/t10-/m0/s1. The van der Waals surface area contributed by atoms with Crippen molar-refractivity contribution in [3.63, 3.8) is 0 Å². The smallest absolute Gasteiger partial charge is 0.256 e. The van der Waals surface area contributed by atoms with Gasteiger partial charge in [0.1, 0.15) is 6.04 Å². The third-order valence-corrected chi connectivity index (χ3v) is 4.29. The summed E-state index contributed by atoms with van der Waals surface area (Å²) in [6.45, 7) is 0.505. The van der Waals surface area contributed by atoms with E-state index in [9.17, 15) is 18.0 Å². The lowest BCUT2D eigenvalue weighted by molar-refractivity contribution is -0.123. The Labute approximate surface area is 133 Å². The number of carbonyl (C=O) groups excluding carboxylic acids is 2. The van der Waals surface area contributed by atoms with Gasteiger partial charge < -0.3 is 14.4 Å². The van der Waals surface area contributed by atoms with Crippen LogP contribution in [-0.4, -0.2) is 50.8 Å². The first-order valence-electron chi connectivity index (χ1n) is 7.07. The van der Waals surface area contributed by atoms with Crippen LogP contribution in [0.25, 0.3) is 0 Å². The number of ether oxygens (including phenoxy) is 2. The molecule has 0 aliphatic carbocycles. The maximum absolute atomic E-state index is 12.6. The summed E-state index contributed by atoms with van der Waals surface area (Å²) in [4.78, 5) is 26.1. The van der Waals surface area contributed by atoms with Crippen molar-refractivity contribution in [3.8, 4) is 11.5 Å². The van der Waals surface area contributed by atoms with E-state index in [0.717, 1.165) is 6.26 Å². The fourth-order valence-electron chi connectivity index (χ4n) is 2.73. The van der Waals surface area contributed by atoms with Gasteiger partial charge in [-0.2, -0.15) is 0 Å².